The van der Waals surface area contributed by atoms with Crippen LogP contribution < -0.4 is 5.32 Å². The van der Waals surface area contributed by atoms with Crippen LogP contribution >= 0.6 is 0 Å². The molecule has 1 nitrogen and oxygen atoms in total. The van der Waals surface area contributed by atoms with Gasteiger partial charge < -0.3 is 5.32 Å². The van der Waals surface area contributed by atoms with Crippen molar-refractivity contribution in [1.82, 2.24) is 5.32 Å². The summed E-state index contributed by atoms with van der Waals surface area (Å²) in [5, 5.41) is 3.01. The molecule has 0 radical (unpaired) electrons. The summed E-state index contributed by atoms with van der Waals surface area (Å²) < 4.78 is 37.9. The second-order valence-corrected chi connectivity index (χ2v) is 3.88. The molecule has 0 aliphatic heterocycles. The summed E-state index contributed by atoms with van der Waals surface area (Å²) in [7, 11) is 1.81. The van der Waals surface area contributed by atoms with E-state index in [1.807, 2.05) is 6.92 Å². The summed E-state index contributed by atoms with van der Waals surface area (Å²) in [6, 6.07) is 5.98. The maximum atomic E-state index is 12.6. The molecule has 0 amide bonds. The Balaban J connectivity index is 2.80. The van der Waals surface area contributed by atoms with Crippen molar-refractivity contribution in [3.8, 4) is 0 Å². The molecule has 0 fully saturated rings. The Bertz CT molecular complexity index is 333. The number of rotatable bonds is 4. The number of hydrogen-bond donors (Lipinski definition) is 1. The lowest BCUT2D eigenvalue weighted by molar-refractivity contribution is -0.138. The van der Waals surface area contributed by atoms with Gasteiger partial charge in [-0.3, -0.25) is 0 Å². The van der Waals surface area contributed by atoms with Crippen molar-refractivity contribution in [2.75, 3.05) is 7.05 Å². The summed E-state index contributed by atoms with van der Waals surface area (Å²) >= 11 is 0. The molecule has 0 saturated heterocycles. The zero-order valence-electron chi connectivity index (χ0n) is 9.43. The number of nitrogens with one attached hydrogen (secondary N) is 1. The fourth-order valence-electron chi connectivity index (χ4n) is 1.53. The largest absolute Gasteiger partial charge is 0.416 e. The molecule has 16 heavy (non-hydrogen) atoms. The van der Waals surface area contributed by atoms with Gasteiger partial charge in [0.25, 0.3) is 0 Å². The fourth-order valence-corrected chi connectivity index (χ4v) is 1.53. The van der Waals surface area contributed by atoms with E-state index in [9.17, 15) is 13.2 Å². The van der Waals surface area contributed by atoms with Gasteiger partial charge in [-0.05, 0) is 38.4 Å². The van der Waals surface area contributed by atoms with E-state index in [2.05, 4.69) is 5.32 Å². The van der Waals surface area contributed by atoms with E-state index in [4.69, 9.17) is 0 Å². The Morgan fingerprint density at radius 2 is 1.88 bits per heavy atom. The number of hydrogen-bond acceptors (Lipinski definition) is 1. The molecule has 4 heteroatoms. The smallest absolute Gasteiger partial charge is 0.317 e. The van der Waals surface area contributed by atoms with E-state index >= 15 is 0 Å². The first-order valence-electron chi connectivity index (χ1n) is 5.27. The quantitative estimate of drug-likeness (QED) is 0.838. The number of alkyl halides is 3. The topological polar surface area (TPSA) is 12.0 Å². The highest BCUT2D eigenvalue weighted by Gasteiger charge is 2.32. The normalized spacial score (nSPS) is 13.8. The molecule has 0 saturated carbocycles. The monoisotopic (exact) mass is 231 g/mol. The molecule has 0 bridgehead atoms. The fraction of sp³-hybridized carbons (Fsp3) is 0.500. The first-order chi connectivity index (χ1) is 7.45. The molecule has 1 rings (SSSR count). The molecule has 0 aliphatic carbocycles. The molecule has 0 aliphatic rings. The van der Waals surface area contributed by atoms with Crippen LogP contribution in [0.4, 0.5) is 13.2 Å². The lowest BCUT2D eigenvalue weighted by Gasteiger charge is -2.14. The van der Waals surface area contributed by atoms with Gasteiger partial charge in [-0.15, -0.1) is 0 Å². The Kier molecular flexibility index (Phi) is 4.35. The summed E-state index contributed by atoms with van der Waals surface area (Å²) in [4.78, 5) is 0. The van der Waals surface area contributed by atoms with Crippen LogP contribution in [0.2, 0.25) is 0 Å². The highest BCUT2D eigenvalue weighted by Crippen LogP contribution is 2.32. The molecule has 1 aromatic carbocycles. The van der Waals surface area contributed by atoms with E-state index in [1.54, 1.807) is 19.2 Å². The van der Waals surface area contributed by atoms with Gasteiger partial charge in [-0.2, -0.15) is 13.2 Å². The maximum Gasteiger partial charge on any atom is 0.416 e. The first-order valence-corrected chi connectivity index (χ1v) is 5.27. The van der Waals surface area contributed by atoms with E-state index in [0.29, 0.717) is 18.4 Å². The summed E-state index contributed by atoms with van der Waals surface area (Å²) in [5.41, 5.74) is -0.143. The third-order valence-electron chi connectivity index (χ3n) is 2.66. The molecule has 0 aromatic heterocycles. The maximum absolute atomic E-state index is 12.6. The summed E-state index contributed by atoms with van der Waals surface area (Å²) in [5.74, 6) is 0. The van der Waals surface area contributed by atoms with Crippen LogP contribution in [0.1, 0.15) is 24.5 Å². The third kappa shape index (κ3) is 3.52. The Labute approximate surface area is 93.7 Å². The highest BCUT2D eigenvalue weighted by molar-refractivity contribution is 5.29. The average molecular weight is 231 g/mol. The van der Waals surface area contributed by atoms with E-state index < -0.39 is 11.7 Å². The number of aryl methyl sites for hydroxylation is 1. The molecule has 0 heterocycles. The molecule has 1 aromatic rings. The van der Waals surface area contributed by atoms with Crippen LogP contribution in [0.5, 0.6) is 0 Å². The van der Waals surface area contributed by atoms with Crippen molar-refractivity contribution in [3.63, 3.8) is 0 Å². The van der Waals surface area contributed by atoms with Crippen molar-refractivity contribution >= 4 is 0 Å². The van der Waals surface area contributed by atoms with Crippen LogP contribution in [0.25, 0.3) is 0 Å². The van der Waals surface area contributed by atoms with Gasteiger partial charge in [-0.25, -0.2) is 0 Å². The minimum Gasteiger partial charge on any atom is -0.317 e. The predicted octanol–water partition coefficient (Wildman–Crippen LogP) is 3.25. The first kappa shape index (κ1) is 13.0. The summed E-state index contributed by atoms with van der Waals surface area (Å²) in [6.07, 6.45) is -3.11. The number of halogens is 3. The Morgan fingerprint density at radius 1 is 1.25 bits per heavy atom. The second kappa shape index (κ2) is 5.34. The number of benzene rings is 1. The highest BCUT2D eigenvalue weighted by atomic mass is 19.4. The van der Waals surface area contributed by atoms with E-state index in [0.717, 1.165) is 6.07 Å². The van der Waals surface area contributed by atoms with Crippen LogP contribution in [0, 0.1) is 0 Å². The molecule has 1 atom stereocenters. The zero-order valence-corrected chi connectivity index (χ0v) is 9.43. The van der Waals surface area contributed by atoms with Crippen molar-refractivity contribution in [3.05, 3.63) is 35.4 Å². The van der Waals surface area contributed by atoms with Crippen molar-refractivity contribution in [2.45, 2.75) is 32.0 Å². The van der Waals surface area contributed by atoms with Gasteiger partial charge >= 0.3 is 6.18 Å². The standard InChI is InChI=1S/C12H16F3N/c1-9(16-2)7-8-10-5-3-4-6-11(10)12(13,14)15/h3-6,9,16H,7-8H2,1-2H3/t9-/m1/s1. The van der Waals surface area contributed by atoms with Gasteiger partial charge in [0.2, 0.25) is 0 Å². The van der Waals surface area contributed by atoms with Crippen LogP contribution in [0.3, 0.4) is 0 Å². The summed E-state index contributed by atoms with van der Waals surface area (Å²) in [6.45, 7) is 1.95. The molecule has 1 N–H and O–H groups in total. The van der Waals surface area contributed by atoms with Crippen molar-refractivity contribution in [1.29, 1.82) is 0 Å². The minimum atomic E-state index is -4.25. The average Bonchev–Trinajstić information content (AvgIpc) is 2.25. The van der Waals surface area contributed by atoms with Gasteiger partial charge in [0.05, 0.1) is 5.56 Å². The third-order valence-corrected chi connectivity index (χ3v) is 2.66. The lowest BCUT2D eigenvalue weighted by atomic mass is 10.0. The van der Waals surface area contributed by atoms with Crippen molar-refractivity contribution < 1.29 is 13.2 Å². The minimum absolute atomic E-state index is 0.223. The Hall–Kier alpha value is -1.03. The van der Waals surface area contributed by atoms with Gasteiger partial charge in [-0.1, -0.05) is 18.2 Å². The van der Waals surface area contributed by atoms with E-state index in [1.165, 1.54) is 6.07 Å². The molecular weight excluding hydrogens is 215 g/mol. The van der Waals surface area contributed by atoms with Crippen LogP contribution in [-0.2, 0) is 12.6 Å². The van der Waals surface area contributed by atoms with Gasteiger partial charge in [0.15, 0.2) is 0 Å². The van der Waals surface area contributed by atoms with Crippen LogP contribution in [-0.4, -0.2) is 13.1 Å². The molecule has 0 unspecified atom stereocenters. The van der Waals surface area contributed by atoms with Crippen LogP contribution in [0.15, 0.2) is 24.3 Å². The van der Waals surface area contributed by atoms with Gasteiger partial charge in [0.1, 0.15) is 0 Å². The molecule has 90 valence electrons. The Morgan fingerprint density at radius 3 is 2.44 bits per heavy atom. The van der Waals surface area contributed by atoms with Gasteiger partial charge in [0, 0.05) is 6.04 Å². The predicted molar refractivity (Wildman–Crippen MR) is 58.3 cm³/mol. The zero-order chi connectivity index (χ0) is 12.2. The molecular formula is C12H16F3N. The lowest BCUT2D eigenvalue weighted by Crippen LogP contribution is -2.22. The second-order valence-electron chi connectivity index (χ2n) is 3.88. The molecule has 0 spiro atoms. The van der Waals surface area contributed by atoms with Crippen molar-refractivity contribution in [2.24, 2.45) is 0 Å². The SMILES string of the molecule is CN[C@H](C)CCc1ccccc1C(F)(F)F. The van der Waals surface area contributed by atoms with E-state index in [-0.39, 0.29) is 6.04 Å².